The van der Waals surface area contributed by atoms with Gasteiger partial charge >= 0.3 is 0 Å². The van der Waals surface area contributed by atoms with Crippen molar-refractivity contribution >= 4 is 0 Å². The molecule has 1 aromatic carbocycles. The first-order chi connectivity index (χ1) is 9.17. The van der Waals surface area contributed by atoms with E-state index in [-0.39, 0.29) is 6.04 Å². The molecule has 0 aliphatic rings. The normalized spacial score (nSPS) is 12.6. The number of ether oxygens (including phenoxy) is 1. The predicted molar refractivity (Wildman–Crippen MR) is 73.3 cm³/mol. The van der Waals surface area contributed by atoms with E-state index in [1.807, 2.05) is 6.92 Å². The molecule has 0 amide bonds. The van der Waals surface area contributed by atoms with Crippen LogP contribution in [0.2, 0.25) is 0 Å². The second-order valence-electron chi connectivity index (χ2n) is 4.60. The van der Waals surface area contributed by atoms with Gasteiger partial charge in [0.15, 0.2) is 0 Å². The first-order valence-electron chi connectivity index (χ1n) is 6.92. The van der Waals surface area contributed by atoms with Crippen LogP contribution >= 0.6 is 0 Å². The van der Waals surface area contributed by atoms with E-state index in [9.17, 15) is 8.78 Å². The summed E-state index contributed by atoms with van der Waals surface area (Å²) in [6.45, 7) is 6.32. The van der Waals surface area contributed by atoms with Crippen LogP contribution in [0.3, 0.4) is 0 Å². The van der Waals surface area contributed by atoms with E-state index < -0.39 is 11.6 Å². The number of halogens is 2. The van der Waals surface area contributed by atoms with Crippen LogP contribution in [-0.2, 0) is 11.2 Å². The van der Waals surface area contributed by atoms with Crippen molar-refractivity contribution < 1.29 is 13.5 Å². The summed E-state index contributed by atoms with van der Waals surface area (Å²) in [5.41, 5.74) is 0.544. The van der Waals surface area contributed by atoms with Crippen molar-refractivity contribution in [3.05, 3.63) is 35.4 Å². The maximum atomic E-state index is 13.6. The topological polar surface area (TPSA) is 21.3 Å². The monoisotopic (exact) mass is 271 g/mol. The quantitative estimate of drug-likeness (QED) is 0.696. The Labute approximate surface area is 114 Å². The van der Waals surface area contributed by atoms with Gasteiger partial charge in [0.25, 0.3) is 0 Å². The number of nitrogens with one attached hydrogen (secondary N) is 1. The van der Waals surface area contributed by atoms with Gasteiger partial charge in [-0.1, -0.05) is 19.9 Å². The minimum atomic E-state index is -0.535. The third-order valence-corrected chi connectivity index (χ3v) is 2.93. The molecule has 0 fully saturated rings. The zero-order chi connectivity index (χ0) is 14.1. The zero-order valence-corrected chi connectivity index (χ0v) is 11.7. The van der Waals surface area contributed by atoms with Crippen LogP contribution in [0.15, 0.2) is 18.2 Å². The molecule has 1 aromatic rings. The lowest BCUT2D eigenvalue weighted by Crippen LogP contribution is -2.32. The Morgan fingerprint density at radius 1 is 1.21 bits per heavy atom. The Morgan fingerprint density at radius 3 is 2.63 bits per heavy atom. The van der Waals surface area contributed by atoms with Crippen molar-refractivity contribution in [1.82, 2.24) is 5.32 Å². The zero-order valence-electron chi connectivity index (χ0n) is 11.7. The molecule has 0 radical (unpaired) electrons. The summed E-state index contributed by atoms with van der Waals surface area (Å²) >= 11 is 0. The molecule has 0 aliphatic heterocycles. The van der Waals surface area contributed by atoms with Crippen molar-refractivity contribution in [3.63, 3.8) is 0 Å². The second kappa shape index (κ2) is 8.99. The summed E-state index contributed by atoms with van der Waals surface area (Å²) in [5.74, 6) is -1.01. The Balaban J connectivity index is 2.51. The molecule has 1 N–H and O–H groups in total. The summed E-state index contributed by atoms with van der Waals surface area (Å²) in [6.07, 6.45) is 2.37. The van der Waals surface area contributed by atoms with E-state index in [0.717, 1.165) is 32.1 Å². The van der Waals surface area contributed by atoms with Crippen LogP contribution < -0.4 is 5.32 Å². The van der Waals surface area contributed by atoms with Crippen LogP contribution in [-0.4, -0.2) is 25.8 Å². The lowest BCUT2D eigenvalue weighted by molar-refractivity contribution is 0.124. The van der Waals surface area contributed by atoms with Crippen molar-refractivity contribution in [1.29, 1.82) is 0 Å². The average molecular weight is 271 g/mol. The van der Waals surface area contributed by atoms with E-state index in [1.54, 1.807) is 0 Å². The van der Waals surface area contributed by atoms with E-state index in [0.29, 0.717) is 18.6 Å². The van der Waals surface area contributed by atoms with Crippen molar-refractivity contribution in [2.24, 2.45) is 0 Å². The fourth-order valence-corrected chi connectivity index (χ4v) is 1.99. The van der Waals surface area contributed by atoms with Crippen molar-refractivity contribution in [3.8, 4) is 0 Å². The molecule has 0 spiro atoms. The third-order valence-electron chi connectivity index (χ3n) is 2.93. The van der Waals surface area contributed by atoms with E-state index in [1.165, 1.54) is 12.1 Å². The standard InChI is InChI=1S/C15H23F2NO/c1-3-8-19-9-7-14(18-4-2)10-12-5-6-13(16)11-15(12)17/h5-6,11,14,18H,3-4,7-10H2,1-2H3. The summed E-state index contributed by atoms with van der Waals surface area (Å²) in [5, 5.41) is 3.31. The molecule has 4 heteroatoms. The highest BCUT2D eigenvalue weighted by Crippen LogP contribution is 2.13. The summed E-state index contributed by atoms with van der Waals surface area (Å²) in [4.78, 5) is 0. The molecule has 108 valence electrons. The molecule has 19 heavy (non-hydrogen) atoms. The molecule has 0 heterocycles. The third kappa shape index (κ3) is 6.12. The smallest absolute Gasteiger partial charge is 0.129 e. The van der Waals surface area contributed by atoms with E-state index in [2.05, 4.69) is 12.2 Å². The van der Waals surface area contributed by atoms with Gasteiger partial charge < -0.3 is 10.1 Å². The van der Waals surface area contributed by atoms with Gasteiger partial charge in [-0.05, 0) is 37.4 Å². The molecule has 2 nitrogen and oxygen atoms in total. The molecule has 0 saturated heterocycles. The minimum absolute atomic E-state index is 0.154. The number of hydrogen-bond donors (Lipinski definition) is 1. The molecule has 1 atom stereocenters. The Bertz CT molecular complexity index is 371. The number of likely N-dealkylation sites (N-methyl/N-ethyl adjacent to an activating group) is 1. The van der Waals surface area contributed by atoms with Crippen molar-refractivity contribution in [2.45, 2.75) is 39.2 Å². The largest absolute Gasteiger partial charge is 0.381 e. The van der Waals surface area contributed by atoms with Crippen LogP contribution in [0.4, 0.5) is 8.78 Å². The van der Waals surface area contributed by atoms with Gasteiger partial charge in [0.1, 0.15) is 11.6 Å². The highest BCUT2D eigenvalue weighted by atomic mass is 19.1. The molecular weight excluding hydrogens is 248 g/mol. The summed E-state index contributed by atoms with van der Waals surface area (Å²) in [7, 11) is 0. The molecule has 0 aromatic heterocycles. The maximum absolute atomic E-state index is 13.6. The van der Waals surface area contributed by atoms with E-state index >= 15 is 0 Å². The average Bonchev–Trinajstić information content (AvgIpc) is 2.38. The number of rotatable bonds is 9. The fourth-order valence-electron chi connectivity index (χ4n) is 1.99. The van der Waals surface area contributed by atoms with E-state index in [4.69, 9.17) is 4.74 Å². The van der Waals surface area contributed by atoms with Crippen LogP contribution in [0.5, 0.6) is 0 Å². The van der Waals surface area contributed by atoms with Crippen LogP contribution in [0.25, 0.3) is 0 Å². The Kier molecular flexibility index (Phi) is 7.60. The first kappa shape index (κ1) is 16.1. The highest BCUT2D eigenvalue weighted by Gasteiger charge is 2.12. The van der Waals surface area contributed by atoms with Crippen LogP contribution in [0.1, 0.15) is 32.3 Å². The van der Waals surface area contributed by atoms with Crippen molar-refractivity contribution in [2.75, 3.05) is 19.8 Å². The summed E-state index contributed by atoms with van der Waals surface area (Å²) < 4.78 is 31.9. The number of benzene rings is 1. The molecule has 0 bridgehead atoms. The lowest BCUT2D eigenvalue weighted by atomic mass is 10.0. The SMILES string of the molecule is CCCOCCC(Cc1ccc(F)cc1F)NCC. The van der Waals surface area contributed by atoms with Crippen LogP contribution in [0, 0.1) is 11.6 Å². The summed E-state index contributed by atoms with van der Waals surface area (Å²) in [6, 6.07) is 3.91. The van der Waals surface area contributed by atoms with Gasteiger partial charge in [-0.25, -0.2) is 8.78 Å². The maximum Gasteiger partial charge on any atom is 0.129 e. The molecule has 0 aliphatic carbocycles. The van der Waals surface area contributed by atoms with Gasteiger partial charge in [0.05, 0.1) is 0 Å². The molecule has 0 saturated carbocycles. The second-order valence-corrected chi connectivity index (χ2v) is 4.60. The van der Waals surface area contributed by atoms with Gasteiger partial charge in [-0.15, -0.1) is 0 Å². The lowest BCUT2D eigenvalue weighted by Gasteiger charge is -2.18. The van der Waals surface area contributed by atoms with Gasteiger partial charge in [0, 0.05) is 25.3 Å². The number of hydrogen-bond acceptors (Lipinski definition) is 2. The highest BCUT2D eigenvalue weighted by molar-refractivity contribution is 5.19. The molecule has 1 rings (SSSR count). The van der Waals surface area contributed by atoms with Gasteiger partial charge in [-0.3, -0.25) is 0 Å². The predicted octanol–water partition coefficient (Wildman–Crippen LogP) is 3.30. The fraction of sp³-hybridized carbons (Fsp3) is 0.600. The Morgan fingerprint density at radius 2 is 2.00 bits per heavy atom. The molecular formula is C15H23F2NO. The minimum Gasteiger partial charge on any atom is -0.381 e. The van der Waals surface area contributed by atoms with Gasteiger partial charge in [-0.2, -0.15) is 0 Å². The Hall–Kier alpha value is -1.00. The molecule has 1 unspecified atom stereocenters. The first-order valence-corrected chi connectivity index (χ1v) is 6.92. The van der Waals surface area contributed by atoms with Gasteiger partial charge in [0.2, 0.25) is 0 Å².